The Balaban J connectivity index is 1.44. The van der Waals surface area contributed by atoms with Crippen molar-refractivity contribution in [1.82, 2.24) is 19.3 Å². The number of rotatable bonds is 4. The molecule has 0 aliphatic carbocycles. The Morgan fingerprint density at radius 3 is 2.81 bits per heavy atom. The van der Waals surface area contributed by atoms with Gasteiger partial charge in [-0.05, 0) is 43.9 Å². The monoisotopic (exact) mass is 434 g/mol. The van der Waals surface area contributed by atoms with E-state index in [4.69, 9.17) is 0 Å². The minimum absolute atomic E-state index is 0.0251. The molecular formula is C24H23FN4OS. The van der Waals surface area contributed by atoms with Crippen LogP contribution >= 0.6 is 11.3 Å². The number of carbonyl (C=O) groups excluding carboxylic acids is 1. The number of fused-ring (bicyclic) bond motifs is 1. The highest BCUT2D eigenvalue weighted by molar-refractivity contribution is 7.15. The first-order valence-corrected chi connectivity index (χ1v) is 11.4. The number of hydrogen-bond acceptors (Lipinski definition) is 4. The van der Waals surface area contributed by atoms with Crippen LogP contribution in [0.4, 0.5) is 4.39 Å². The fraction of sp³-hybridized carbons (Fsp3) is 0.292. The zero-order chi connectivity index (χ0) is 21.4. The second kappa shape index (κ2) is 8.23. The Morgan fingerprint density at radius 1 is 1.16 bits per heavy atom. The third-order valence-electron chi connectivity index (χ3n) is 5.79. The lowest BCUT2D eigenvalue weighted by atomic mass is 9.97. The van der Waals surface area contributed by atoms with Crippen LogP contribution in [0.5, 0.6) is 0 Å². The van der Waals surface area contributed by atoms with Crippen molar-refractivity contribution >= 4 is 22.9 Å². The van der Waals surface area contributed by atoms with Crippen LogP contribution in [-0.2, 0) is 6.42 Å². The van der Waals surface area contributed by atoms with Gasteiger partial charge >= 0.3 is 0 Å². The summed E-state index contributed by atoms with van der Waals surface area (Å²) in [5.41, 5.74) is 2.67. The molecule has 3 aromatic heterocycles. The van der Waals surface area contributed by atoms with Crippen LogP contribution in [0.15, 0.2) is 54.9 Å². The van der Waals surface area contributed by atoms with Gasteiger partial charge in [0.05, 0.1) is 15.6 Å². The lowest BCUT2D eigenvalue weighted by Crippen LogP contribution is -2.45. The predicted octanol–water partition coefficient (Wildman–Crippen LogP) is 5.14. The SMILES string of the molecule is Cc1nc(C(=O)N2CCCC[C@H]2Cc2cn3cccc(F)c3n2)c(-c2ccccc2)s1. The number of benzene rings is 1. The van der Waals surface area contributed by atoms with Gasteiger partial charge in [-0.15, -0.1) is 11.3 Å². The zero-order valence-corrected chi connectivity index (χ0v) is 18.1. The summed E-state index contributed by atoms with van der Waals surface area (Å²) in [7, 11) is 0. The second-order valence-electron chi connectivity index (χ2n) is 7.95. The zero-order valence-electron chi connectivity index (χ0n) is 17.3. The molecule has 0 unspecified atom stereocenters. The van der Waals surface area contributed by atoms with E-state index in [1.807, 2.05) is 48.4 Å². The van der Waals surface area contributed by atoms with E-state index in [0.717, 1.165) is 40.4 Å². The quantitative estimate of drug-likeness (QED) is 0.447. The predicted molar refractivity (Wildman–Crippen MR) is 120 cm³/mol. The molecule has 158 valence electrons. The number of hydrogen-bond donors (Lipinski definition) is 0. The number of aromatic nitrogens is 3. The Labute approximate surface area is 184 Å². The van der Waals surface area contributed by atoms with Crippen molar-refractivity contribution in [2.75, 3.05) is 6.54 Å². The number of thiazole rings is 1. The third kappa shape index (κ3) is 3.85. The van der Waals surface area contributed by atoms with Gasteiger partial charge in [0, 0.05) is 31.4 Å². The minimum Gasteiger partial charge on any atom is -0.334 e. The molecule has 1 saturated heterocycles. The average molecular weight is 435 g/mol. The summed E-state index contributed by atoms with van der Waals surface area (Å²) in [6, 6.07) is 13.1. The van der Waals surface area contributed by atoms with Crippen LogP contribution in [0.1, 0.15) is 40.5 Å². The molecule has 0 saturated carbocycles. The van der Waals surface area contributed by atoms with E-state index in [9.17, 15) is 9.18 Å². The van der Waals surface area contributed by atoms with E-state index < -0.39 is 0 Å². The maximum atomic E-state index is 14.1. The molecule has 1 amide bonds. The van der Waals surface area contributed by atoms with Crippen LogP contribution in [-0.4, -0.2) is 37.8 Å². The van der Waals surface area contributed by atoms with Crippen molar-refractivity contribution in [3.05, 3.63) is 77.1 Å². The number of pyridine rings is 1. The van der Waals surface area contributed by atoms with Crippen molar-refractivity contribution < 1.29 is 9.18 Å². The van der Waals surface area contributed by atoms with Gasteiger partial charge in [0.1, 0.15) is 5.69 Å². The van der Waals surface area contributed by atoms with E-state index in [2.05, 4.69) is 9.97 Å². The molecule has 5 nitrogen and oxygen atoms in total. The number of imidazole rings is 1. The lowest BCUT2D eigenvalue weighted by molar-refractivity contribution is 0.0608. The lowest BCUT2D eigenvalue weighted by Gasteiger charge is -2.35. The van der Waals surface area contributed by atoms with Crippen LogP contribution < -0.4 is 0 Å². The first-order valence-electron chi connectivity index (χ1n) is 10.6. The number of halogens is 1. The topological polar surface area (TPSA) is 50.5 Å². The summed E-state index contributed by atoms with van der Waals surface area (Å²) in [6.07, 6.45) is 7.22. The highest BCUT2D eigenvalue weighted by Gasteiger charge is 2.31. The minimum atomic E-state index is -0.337. The Kier molecular flexibility index (Phi) is 5.28. The highest BCUT2D eigenvalue weighted by atomic mass is 32.1. The summed E-state index contributed by atoms with van der Waals surface area (Å²) < 4.78 is 15.8. The first kappa shape index (κ1) is 19.9. The largest absolute Gasteiger partial charge is 0.334 e. The molecular weight excluding hydrogens is 411 g/mol. The number of nitrogens with zero attached hydrogens (tertiary/aromatic N) is 4. The molecule has 0 bridgehead atoms. The molecule has 0 radical (unpaired) electrons. The van der Waals surface area contributed by atoms with Gasteiger partial charge in [0.25, 0.3) is 5.91 Å². The van der Waals surface area contributed by atoms with E-state index in [0.29, 0.717) is 24.3 Å². The first-order chi connectivity index (χ1) is 15.1. The average Bonchev–Trinajstić information content (AvgIpc) is 3.38. The van der Waals surface area contributed by atoms with Crippen LogP contribution in [0.3, 0.4) is 0 Å². The molecule has 1 aliphatic heterocycles. The van der Waals surface area contributed by atoms with Crippen molar-refractivity contribution in [1.29, 1.82) is 0 Å². The molecule has 1 aromatic carbocycles. The molecule has 0 N–H and O–H groups in total. The fourth-order valence-corrected chi connectivity index (χ4v) is 5.26. The van der Waals surface area contributed by atoms with Crippen molar-refractivity contribution in [3.63, 3.8) is 0 Å². The van der Waals surface area contributed by atoms with E-state index in [1.54, 1.807) is 28.0 Å². The molecule has 7 heteroatoms. The van der Waals surface area contributed by atoms with Crippen LogP contribution in [0, 0.1) is 12.7 Å². The maximum absolute atomic E-state index is 14.1. The van der Waals surface area contributed by atoms with Gasteiger partial charge in [0.2, 0.25) is 0 Å². The van der Waals surface area contributed by atoms with Crippen LogP contribution in [0.2, 0.25) is 0 Å². The van der Waals surface area contributed by atoms with Gasteiger partial charge in [-0.25, -0.2) is 14.4 Å². The van der Waals surface area contributed by atoms with Gasteiger partial charge in [0.15, 0.2) is 11.5 Å². The van der Waals surface area contributed by atoms with Crippen molar-refractivity contribution in [2.45, 2.75) is 38.6 Å². The molecule has 1 fully saturated rings. The van der Waals surface area contributed by atoms with E-state index in [-0.39, 0.29) is 17.8 Å². The summed E-state index contributed by atoms with van der Waals surface area (Å²) in [6.45, 7) is 2.64. The molecule has 1 aliphatic rings. The van der Waals surface area contributed by atoms with E-state index in [1.165, 1.54) is 6.07 Å². The molecule has 1 atom stereocenters. The third-order valence-corrected chi connectivity index (χ3v) is 6.81. The number of aryl methyl sites for hydroxylation is 1. The standard InChI is InChI=1S/C24H23FN4OS/c1-16-26-21(22(31-16)17-8-3-2-4-9-17)24(30)29-13-6-5-10-19(29)14-18-15-28-12-7-11-20(25)23(28)27-18/h2-4,7-9,11-12,15,19H,5-6,10,13-14H2,1H3/t19-/m0/s1. The molecule has 0 spiro atoms. The number of amides is 1. The van der Waals surface area contributed by atoms with Gasteiger partial charge in [-0.2, -0.15) is 0 Å². The normalized spacial score (nSPS) is 16.7. The van der Waals surface area contributed by atoms with Crippen molar-refractivity contribution in [3.8, 4) is 10.4 Å². The van der Waals surface area contributed by atoms with Gasteiger partial charge < -0.3 is 9.30 Å². The highest BCUT2D eigenvalue weighted by Crippen LogP contribution is 2.32. The van der Waals surface area contributed by atoms with E-state index >= 15 is 0 Å². The van der Waals surface area contributed by atoms with Crippen molar-refractivity contribution in [2.24, 2.45) is 0 Å². The van der Waals surface area contributed by atoms with Crippen LogP contribution in [0.25, 0.3) is 16.1 Å². The fourth-order valence-electron chi connectivity index (χ4n) is 4.34. The maximum Gasteiger partial charge on any atom is 0.274 e. The molecule has 4 heterocycles. The number of likely N-dealkylation sites (tertiary alicyclic amines) is 1. The van der Waals surface area contributed by atoms with Gasteiger partial charge in [-0.3, -0.25) is 4.79 Å². The molecule has 5 rings (SSSR count). The Morgan fingerprint density at radius 2 is 2.00 bits per heavy atom. The number of piperidine rings is 1. The summed E-state index contributed by atoms with van der Waals surface area (Å²) in [4.78, 5) is 25.6. The molecule has 31 heavy (non-hydrogen) atoms. The molecule has 4 aromatic rings. The van der Waals surface area contributed by atoms with Gasteiger partial charge in [-0.1, -0.05) is 30.3 Å². The number of carbonyl (C=O) groups is 1. The summed E-state index contributed by atoms with van der Waals surface area (Å²) in [5.74, 6) is -0.362. The summed E-state index contributed by atoms with van der Waals surface area (Å²) in [5, 5.41) is 0.881. The summed E-state index contributed by atoms with van der Waals surface area (Å²) >= 11 is 1.55. The second-order valence-corrected chi connectivity index (χ2v) is 9.15. The Bertz CT molecular complexity index is 1230. The Hall–Kier alpha value is -3.06. The smallest absolute Gasteiger partial charge is 0.274 e.